The Balaban J connectivity index is 1.71. The molecule has 1 rings (SSSR count). The summed E-state index contributed by atoms with van der Waals surface area (Å²) in [5, 5.41) is 5.08. The fourth-order valence-corrected chi connectivity index (χ4v) is 3.47. The van der Waals surface area contributed by atoms with E-state index in [1.54, 1.807) is 24.5 Å². The monoisotopic (exact) mass is 681 g/mol. The van der Waals surface area contributed by atoms with Crippen LogP contribution >= 0.6 is 11.6 Å². The molecule has 0 aliphatic heterocycles. The number of alkyl halides is 1. The highest BCUT2D eigenvalue weighted by atomic mass is 35.5. The van der Waals surface area contributed by atoms with Gasteiger partial charge in [0.05, 0.1) is 79.3 Å². The van der Waals surface area contributed by atoms with Crippen LogP contribution in [-0.4, -0.2) is 142 Å². The molecule has 0 aliphatic rings. The molecule has 0 saturated carbocycles. The number of halogens is 1. The molecule has 266 valence electrons. The highest BCUT2D eigenvalue weighted by molar-refractivity contribution is 6.17. The van der Waals surface area contributed by atoms with Gasteiger partial charge in [-0.25, -0.2) is 9.59 Å². The Morgan fingerprint density at radius 3 is 1.63 bits per heavy atom. The SMILES string of the molecule is O=C(NCCOCCOCCOCCOC(=O)NCOCCOCCCCCCCl)OCCOCCOCCOc1ccncc1. The number of hydrogen-bond donors (Lipinski definition) is 2. The van der Waals surface area contributed by atoms with Crippen LogP contribution in [0.3, 0.4) is 0 Å². The van der Waals surface area contributed by atoms with Gasteiger partial charge in [0, 0.05) is 31.4 Å². The number of carbonyl (C=O) groups excluding carboxylic acids is 2. The van der Waals surface area contributed by atoms with Crippen molar-refractivity contribution in [2.24, 2.45) is 0 Å². The van der Waals surface area contributed by atoms with E-state index in [2.05, 4.69) is 15.6 Å². The molecule has 2 N–H and O–H groups in total. The minimum absolute atomic E-state index is 0.0495. The molecule has 0 radical (unpaired) electrons. The summed E-state index contributed by atoms with van der Waals surface area (Å²) in [6.45, 7) is 6.17. The molecule has 0 bridgehead atoms. The molecule has 46 heavy (non-hydrogen) atoms. The van der Waals surface area contributed by atoms with Gasteiger partial charge >= 0.3 is 12.2 Å². The van der Waals surface area contributed by atoms with Gasteiger partial charge in [-0.1, -0.05) is 12.8 Å². The normalized spacial score (nSPS) is 10.9. The van der Waals surface area contributed by atoms with Gasteiger partial charge in [0.1, 0.15) is 32.3 Å². The van der Waals surface area contributed by atoms with E-state index in [4.69, 9.17) is 59.0 Å². The first-order chi connectivity index (χ1) is 22.7. The Hall–Kier alpha value is -2.50. The van der Waals surface area contributed by atoms with Gasteiger partial charge in [0.25, 0.3) is 0 Å². The largest absolute Gasteiger partial charge is 0.491 e. The Morgan fingerprint density at radius 2 is 1.02 bits per heavy atom. The highest BCUT2D eigenvalue weighted by Gasteiger charge is 2.03. The first-order valence-corrected chi connectivity index (χ1v) is 16.2. The molecule has 16 heteroatoms. The lowest BCUT2D eigenvalue weighted by atomic mass is 10.2. The van der Waals surface area contributed by atoms with Crippen molar-refractivity contribution in [3.8, 4) is 5.75 Å². The third kappa shape index (κ3) is 30.2. The maximum absolute atomic E-state index is 11.6. The second-order valence-corrected chi connectivity index (χ2v) is 9.61. The Kier molecular flexibility index (Phi) is 30.6. The van der Waals surface area contributed by atoms with E-state index in [0.29, 0.717) is 91.7 Å². The molecular formula is C30H52ClN3O12. The second-order valence-electron chi connectivity index (χ2n) is 9.24. The van der Waals surface area contributed by atoms with Crippen molar-refractivity contribution in [3.63, 3.8) is 0 Å². The molecule has 0 aliphatic carbocycles. The van der Waals surface area contributed by atoms with Crippen molar-refractivity contribution in [1.29, 1.82) is 0 Å². The lowest BCUT2D eigenvalue weighted by molar-refractivity contribution is 0.00424. The first-order valence-electron chi connectivity index (χ1n) is 15.7. The van der Waals surface area contributed by atoms with Gasteiger partial charge in [-0.2, -0.15) is 0 Å². The van der Waals surface area contributed by atoms with Crippen LogP contribution in [0.5, 0.6) is 5.75 Å². The van der Waals surface area contributed by atoms with Crippen LogP contribution in [-0.2, 0) is 42.6 Å². The third-order valence-corrected chi connectivity index (χ3v) is 5.83. The average Bonchev–Trinajstić information content (AvgIpc) is 3.07. The van der Waals surface area contributed by atoms with E-state index in [1.807, 2.05) is 0 Å². The summed E-state index contributed by atoms with van der Waals surface area (Å²) >= 11 is 5.63. The molecule has 2 amide bonds. The maximum atomic E-state index is 11.6. The third-order valence-electron chi connectivity index (χ3n) is 5.56. The number of nitrogens with zero attached hydrogens (tertiary/aromatic N) is 1. The van der Waals surface area contributed by atoms with Gasteiger partial charge in [0.15, 0.2) is 0 Å². The summed E-state index contributed by atoms with van der Waals surface area (Å²) in [6.07, 6.45) is 6.48. The molecule has 1 heterocycles. The van der Waals surface area contributed by atoms with E-state index in [-0.39, 0.29) is 33.2 Å². The zero-order chi connectivity index (χ0) is 33.0. The van der Waals surface area contributed by atoms with E-state index < -0.39 is 12.2 Å². The summed E-state index contributed by atoms with van der Waals surface area (Å²) in [6, 6.07) is 3.55. The minimum atomic E-state index is -0.577. The van der Waals surface area contributed by atoms with Crippen LogP contribution in [0.25, 0.3) is 0 Å². The number of ether oxygens (including phenoxy) is 10. The lowest BCUT2D eigenvalue weighted by Crippen LogP contribution is -2.29. The summed E-state index contributed by atoms with van der Waals surface area (Å²) in [5.74, 6) is 1.45. The van der Waals surface area contributed by atoms with E-state index in [0.717, 1.165) is 31.4 Å². The standard InChI is InChI=1S/C30H52ClN3O12/c31-7-3-1-2-4-11-37-19-20-43-27-34-30(36)46-26-23-41-16-15-39-14-13-38-12-10-33-29(35)45-25-22-42-18-17-40-21-24-44-28-5-8-32-9-6-28/h5-6,8-9H,1-4,7,10-27H2,(H,33,35)(H,34,36). The predicted molar refractivity (Wildman–Crippen MR) is 168 cm³/mol. The zero-order valence-electron chi connectivity index (χ0n) is 26.8. The van der Waals surface area contributed by atoms with Crippen molar-refractivity contribution in [2.75, 3.05) is 125 Å². The topological polar surface area (TPSA) is 163 Å². The zero-order valence-corrected chi connectivity index (χ0v) is 27.6. The van der Waals surface area contributed by atoms with Crippen molar-refractivity contribution in [1.82, 2.24) is 15.6 Å². The Labute approximate surface area is 277 Å². The summed E-state index contributed by atoms with van der Waals surface area (Å²) in [7, 11) is 0. The predicted octanol–water partition coefficient (Wildman–Crippen LogP) is 2.79. The molecule has 1 aromatic heterocycles. The van der Waals surface area contributed by atoms with Gasteiger partial charge in [-0.05, 0) is 25.0 Å². The molecule has 1 aromatic rings. The number of unbranched alkanes of at least 4 members (excludes halogenated alkanes) is 3. The quantitative estimate of drug-likeness (QED) is 0.0633. The van der Waals surface area contributed by atoms with Gasteiger partial charge < -0.3 is 52.7 Å². The van der Waals surface area contributed by atoms with Crippen molar-refractivity contribution in [2.45, 2.75) is 25.7 Å². The molecule has 0 atom stereocenters. The Morgan fingerprint density at radius 1 is 0.543 bits per heavy atom. The number of alkyl carbamates (subject to hydrolysis) is 2. The minimum Gasteiger partial charge on any atom is -0.491 e. The number of carbonyl (C=O) groups is 2. The summed E-state index contributed by atoms with van der Waals surface area (Å²) in [4.78, 5) is 27.1. The molecule has 0 unspecified atom stereocenters. The second kappa shape index (κ2) is 33.9. The fourth-order valence-electron chi connectivity index (χ4n) is 3.28. The van der Waals surface area contributed by atoms with Gasteiger partial charge in [-0.3, -0.25) is 10.3 Å². The number of nitrogens with one attached hydrogen (secondary N) is 2. The van der Waals surface area contributed by atoms with E-state index in [9.17, 15) is 9.59 Å². The van der Waals surface area contributed by atoms with E-state index in [1.165, 1.54) is 0 Å². The number of amides is 2. The van der Waals surface area contributed by atoms with Crippen LogP contribution in [0.15, 0.2) is 24.5 Å². The number of aromatic nitrogens is 1. The number of rotatable bonds is 33. The molecule has 0 aromatic carbocycles. The lowest BCUT2D eigenvalue weighted by Gasteiger charge is -2.10. The van der Waals surface area contributed by atoms with Crippen molar-refractivity contribution >= 4 is 23.8 Å². The summed E-state index contributed by atoms with van der Waals surface area (Å²) in [5.41, 5.74) is 0. The smallest absolute Gasteiger partial charge is 0.409 e. The van der Waals surface area contributed by atoms with Crippen LogP contribution in [0.2, 0.25) is 0 Å². The molecule has 0 spiro atoms. The van der Waals surface area contributed by atoms with Crippen LogP contribution in [0, 0.1) is 0 Å². The molecule has 0 fully saturated rings. The number of pyridine rings is 1. The van der Waals surface area contributed by atoms with Gasteiger partial charge in [-0.15, -0.1) is 11.6 Å². The number of hydrogen-bond acceptors (Lipinski definition) is 13. The van der Waals surface area contributed by atoms with Crippen molar-refractivity contribution < 1.29 is 57.0 Å². The molecule has 15 nitrogen and oxygen atoms in total. The summed E-state index contributed by atoms with van der Waals surface area (Å²) < 4.78 is 53.1. The Bertz CT molecular complexity index is 817. The highest BCUT2D eigenvalue weighted by Crippen LogP contribution is 2.06. The average molecular weight is 682 g/mol. The van der Waals surface area contributed by atoms with Crippen LogP contribution in [0.4, 0.5) is 9.59 Å². The molecule has 0 saturated heterocycles. The van der Waals surface area contributed by atoms with Crippen LogP contribution < -0.4 is 15.4 Å². The van der Waals surface area contributed by atoms with Gasteiger partial charge in [0.2, 0.25) is 0 Å². The maximum Gasteiger partial charge on any atom is 0.409 e. The molecular weight excluding hydrogens is 630 g/mol. The van der Waals surface area contributed by atoms with E-state index >= 15 is 0 Å². The van der Waals surface area contributed by atoms with Crippen LogP contribution in [0.1, 0.15) is 25.7 Å². The first kappa shape index (κ1) is 41.5. The fraction of sp³-hybridized carbons (Fsp3) is 0.767. The van der Waals surface area contributed by atoms with Crippen molar-refractivity contribution in [3.05, 3.63) is 24.5 Å².